The van der Waals surface area contributed by atoms with Crippen LogP contribution in [0.1, 0.15) is 0 Å². The van der Waals surface area contributed by atoms with Crippen LogP contribution in [0.3, 0.4) is 0 Å². The van der Waals surface area contributed by atoms with Crippen LogP contribution in [0.2, 0.25) is 10.0 Å². The van der Waals surface area contributed by atoms with Gasteiger partial charge in [0.2, 0.25) is 0 Å². The third-order valence-electron chi connectivity index (χ3n) is 2.00. The van der Waals surface area contributed by atoms with Gasteiger partial charge in [0.1, 0.15) is 22.4 Å². The van der Waals surface area contributed by atoms with Gasteiger partial charge in [-0.2, -0.15) is 0 Å². The molecule has 0 spiro atoms. The summed E-state index contributed by atoms with van der Waals surface area (Å²) in [6, 6.07) is 5.11. The average Bonchev–Trinajstić information content (AvgIpc) is 2.30. The SMILES string of the molecule is Nc1ncnc(Nc2cc(Cl)ccc2Cl)c1Br. The molecule has 1 aromatic heterocycles. The molecule has 17 heavy (non-hydrogen) atoms. The topological polar surface area (TPSA) is 63.8 Å². The van der Waals surface area contributed by atoms with Crippen molar-refractivity contribution in [1.29, 1.82) is 0 Å². The third kappa shape index (κ3) is 2.80. The lowest BCUT2D eigenvalue weighted by atomic mass is 10.3. The molecule has 0 radical (unpaired) electrons. The molecule has 7 heteroatoms. The van der Waals surface area contributed by atoms with E-state index in [2.05, 4.69) is 31.2 Å². The largest absolute Gasteiger partial charge is 0.383 e. The lowest BCUT2D eigenvalue weighted by molar-refractivity contribution is 1.16. The first-order valence-corrected chi connectivity index (χ1v) is 6.11. The Morgan fingerprint density at radius 1 is 1.24 bits per heavy atom. The minimum absolute atomic E-state index is 0.348. The van der Waals surface area contributed by atoms with Crippen LogP contribution in [-0.2, 0) is 0 Å². The van der Waals surface area contributed by atoms with Crippen molar-refractivity contribution in [3.63, 3.8) is 0 Å². The summed E-state index contributed by atoms with van der Waals surface area (Å²) in [6.07, 6.45) is 1.36. The number of nitrogens with two attached hydrogens (primary N) is 1. The van der Waals surface area contributed by atoms with Crippen molar-refractivity contribution in [1.82, 2.24) is 9.97 Å². The van der Waals surface area contributed by atoms with Crippen LogP contribution in [0, 0.1) is 0 Å². The highest BCUT2D eigenvalue weighted by Gasteiger charge is 2.08. The van der Waals surface area contributed by atoms with Crippen LogP contribution in [0.4, 0.5) is 17.3 Å². The molecule has 0 bridgehead atoms. The molecule has 0 aliphatic heterocycles. The van der Waals surface area contributed by atoms with E-state index >= 15 is 0 Å². The Morgan fingerprint density at radius 2 is 2.00 bits per heavy atom. The molecule has 0 aliphatic rings. The maximum atomic E-state index is 6.03. The van der Waals surface area contributed by atoms with Crippen LogP contribution in [0.5, 0.6) is 0 Å². The first-order chi connectivity index (χ1) is 8.08. The predicted molar refractivity (Wildman–Crippen MR) is 73.9 cm³/mol. The molecule has 0 unspecified atom stereocenters. The first kappa shape index (κ1) is 12.4. The third-order valence-corrected chi connectivity index (χ3v) is 3.34. The molecule has 88 valence electrons. The maximum absolute atomic E-state index is 6.03. The Labute approximate surface area is 116 Å². The number of nitrogen functional groups attached to an aromatic ring is 1. The summed E-state index contributed by atoms with van der Waals surface area (Å²) in [6.45, 7) is 0. The molecule has 0 fully saturated rings. The highest BCUT2D eigenvalue weighted by Crippen LogP contribution is 2.31. The number of hydrogen-bond acceptors (Lipinski definition) is 4. The Balaban J connectivity index is 2.38. The van der Waals surface area contributed by atoms with Gasteiger partial charge >= 0.3 is 0 Å². The van der Waals surface area contributed by atoms with Gasteiger partial charge < -0.3 is 11.1 Å². The van der Waals surface area contributed by atoms with Gasteiger partial charge in [0.25, 0.3) is 0 Å². The van der Waals surface area contributed by atoms with E-state index in [4.69, 9.17) is 28.9 Å². The van der Waals surface area contributed by atoms with Gasteiger partial charge in [-0.3, -0.25) is 0 Å². The molecule has 1 heterocycles. The molecule has 2 rings (SSSR count). The minimum Gasteiger partial charge on any atom is -0.383 e. The molecule has 0 atom stereocenters. The molecule has 2 aromatic rings. The summed E-state index contributed by atoms with van der Waals surface area (Å²) < 4.78 is 0.580. The van der Waals surface area contributed by atoms with E-state index < -0.39 is 0 Å². The van der Waals surface area contributed by atoms with Crippen LogP contribution in [-0.4, -0.2) is 9.97 Å². The number of nitrogens with one attached hydrogen (secondary N) is 1. The summed E-state index contributed by atoms with van der Waals surface area (Å²) >= 11 is 15.2. The second kappa shape index (κ2) is 5.08. The van der Waals surface area contributed by atoms with Crippen LogP contribution in [0.15, 0.2) is 29.0 Å². The van der Waals surface area contributed by atoms with Gasteiger partial charge in [-0.15, -0.1) is 0 Å². The molecule has 0 amide bonds. The Morgan fingerprint density at radius 3 is 2.76 bits per heavy atom. The fourth-order valence-electron chi connectivity index (χ4n) is 1.19. The summed E-state index contributed by atoms with van der Waals surface area (Å²) in [5.41, 5.74) is 6.30. The van der Waals surface area contributed by atoms with Crippen molar-refractivity contribution in [3.05, 3.63) is 39.0 Å². The highest BCUT2D eigenvalue weighted by atomic mass is 79.9. The van der Waals surface area contributed by atoms with Crippen LogP contribution < -0.4 is 11.1 Å². The van der Waals surface area contributed by atoms with E-state index in [0.29, 0.717) is 31.8 Å². The van der Waals surface area contributed by atoms with Crippen molar-refractivity contribution >= 4 is 56.5 Å². The Kier molecular flexibility index (Phi) is 3.71. The molecular weight excluding hydrogens is 327 g/mol. The first-order valence-electron chi connectivity index (χ1n) is 4.56. The van der Waals surface area contributed by atoms with Crippen molar-refractivity contribution in [2.24, 2.45) is 0 Å². The Bertz CT molecular complexity index is 562. The molecule has 0 saturated heterocycles. The van der Waals surface area contributed by atoms with E-state index in [0.717, 1.165) is 0 Å². The quantitative estimate of drug-likeness (QED) is 0.875. The number of hydrogen-bond donors (Lipinski definition) is 2. The molecular formula is C10H7BrCl2N4. The zero-order chi connectivity index (χ0) is 12.4. The molecule has 0 aliphatic carbocycles. The van der Waals surface area contributed by atoms with Gasteiger partial charge in [0, 0.05) is 5.02 Å². The van der Waals surface area contributed by atoms with E-state index in [1.54, 1.807) is 18.2 Å². The van der Waals surface area contributed by atoms with Crippen LogP contribution in [0.25, 0.3) is 0 Å². The fraction of sp³-hybridized carbons (Fsp3) is 0. The van der Waals surface area contributed by atoms with Gasteiger partial charge in [-0.25, -0.2) is 9.97 Å². The molecule has 3 N–H and O–H groups in total. The van der Waals surface area contributed by atoms with Crippen molar-refractivity contribution in [3.8, 4) is 0 Å². The van der Waals surface area contributed by atoms with Gasteiger partial charge in [-0.05, 0) is 34.1 Å². The van der Waals surface area contributed by atoms with E-state index in [9.17, 15) is 0 Å². The Hall–Kier alpha value is -1.04. The number of aromatic nitrogens is 2. The highest BCUT2D eigenvalue weighted by molar-refractivity contribution is 9.10. The number of rotatable bonds is 2. The number of halogens is 3. The predicted octanol–water partition coefficient (Wildman–Crippen LogP) is 3.87. The van der Waals surface area contributed by atoms with E-state index in [-0.39, 0.29) is 0 Å². The lowest BCUT2D eigenvalue weighted by Gasteiger charge is -2.10. The van der Waals surface area contributed by atoms with E-state index in [1.165, 1.54) is 6.33 Å². The summed E-state index contributed by atoms with van der Waals surface area (Å²) in [5, 5.41) is 4.15. The lowest BCUT2D eigenvalue weighted by Crippen LogP contribution is -2.00. The molecule has 1 aromatic carbocycles. The molecule has 4 nitrogen and oxygen atoms in total. The van der Waals surface area contributed by atoms with E-state index in [1.807, 2.05) is 0 Å². The van der Waals surface area contributed by atoms with Gasteiger partial charge in [0.15, 0.2) is 0 Å². The maximum Gasteiger partial charge on any atom is 0.150 e. The average molecular weight is 334 g/mol. The summed E-state index contributed by atoms with van der Waals surface area (Å²) in [7, 11) is 0. The van der Waals surface area contributed by atoms with Crippen molar-refractivity contribution in [2.45, 2.75) is 0 Å². The fourth-order valence-corrected chi connectivity index (χ4v) is 1.83. The second-order valence-corrected chi connectivity index (χ2v) is 4.81. The monoisotopic (exact) mass is 332 g/mol. The zero-order valence-corrected chi connectivity index (χ0v) is 11.5. The van der Waals surface area contributed by atoms with Crippen LogP contribution >= 0.6 is 39.1 Å². The number of nitrogens with zero attached hydrogens (tertiary/aromatic N) is 2. The second-order valence-electron chi connectivity index (χ2n) is 3.17. The number of anilines is 3. The number of benzene rings is 1. The smallest absolute Gasteiger partial charge is 0.150 e. The zero-order valence-electron chi connectivity index (χ0n) is 8.42. The van der Waals surface area contributed by atoms with Gasteiger partial charge in [-0.1, -0.05) is 23.2 Å². The molecule has 0 saturated carbocycles. The normalized spacial score (nSPS) is 10.3. The van der Waals surface area contributed by atoms with Crippen molar-refractivity contribution < 1.29 is 0 Å². The van der Waals surface area contributed by atoms with Crippen molar-refractivity contribution in [2.75, 3.05) is 11.1 Å². The minimum atomic E-state index is 0.348. The standard InChI is InChI=1S/C10H7BrCl2N4/c11-8-9(14)15-4-16-10(8)17-7-3-5(12)1-2-6(7)13/h1-4H,(H3,14,15,16,17). The van der Waals surface area contributed by atoms with Gasteiger partial charge in [0.05, 0.1) is 10.7 Å². The summed E-state index contributed by atoms with van der Waals surface area (Å²) in [5.74, 6) is 0.877. The summed E-state index contributed by atoms with van der Waals surface area (Å²) in [4.78, 5) is 7.90.